The highest BCUT2D eigenvalue weighted by Crippen LogP contribution is 2.15. The first-order valence-corrected chi connectivity index (χ1v) is 8.50. The van der Waals surface area contributed by atoms with E-state index in [4.69, 9.17) is 4.74 Å². The molecule has 0 aromatic heterocycles. The summed E-state index contributed by atoms with van der Waals surface area (Å²) >= 11 is 0. The van der Waals surface area contributed by atoms with Gasteiger partial charge in [0.05, 0.1) is 6.61 Å². The highest BCUT2D eigenvalue weighted by atomic mass is 16.5. The van der Waals surface area contributed by atoms with Gasteiger partial charge in [-0.25, -0.2) is 0 Å². The molecule has 1 amide bonds. The van der Waals surface area contributed by atoms with E-state index in [-0.39, 0.29) is 5.91 Å². The molecule has 4 heteroatoms. The number of rotatable bonds is 9. The van der Waals surface area contributed by atoms with Crippen LogP contribution in [0.15, 0.2) is 54.6 Å². The summed E-state index contributed by atoms with van der Waals surface area (Å²) in [6, 6.07) is 17.8. The number of carbonyl (C=O) groups excluding carboxylic acids is 1. The number of ether oxygens (including phenoxy) is 1. The van der Waals surface area contributed by atoms with Gasteiger partial charge in [-0.2, -0.15) is 0 Å². The third-order valence-corrected chi connectivity index (χ3v) is 3.80. The molecule has 2 rings (SSSR count). The summed E-state index contributed by atoms with van der Waals surface area (Å²) in [5.74, 6) is 0.848. The van der Waals surface area contributed by atoms with Gasteiger partial charge in [0.1, 0.15) is 5.75 Å². The molecular formula is C20H26N2O2. The van der Waals surface area contributed by atoms with E-state index >= 15 is 0 Å². The SMILES string of the molecule is CCOc1ccc(NC(=O)CCN(CC)Cc2ccccc2)cc1. The van der Waals surface area contributed by atoms with Crippen LogP contribution in [0.25, 0.3) is 0 Å². The summed E-state index contributed by atoms with van der Waals surface area (Å²) in [5, 5.41) is 2.93. The minimum absolute atomic E-state index is 0.0330. The van der Waals surface area contributed by atoms with E-state index in [1.807, 2.05) is 49.4 Å². The Morgan fingerprint density at radius 1 is 1.04 bits per heavy atom. The van der Waals surface area contributed by atoms with E-state index in [2.05, 4.69) is 29.3 Å². The number of nitrogens with one attached hydrogen (secondary N) is 1. The molecule has 0 aliphatic carbocycles. The Kier molecular flexibility index (Phi) is 7.30. The normalized spacial score (nSPS) is 10.6. The molecule has 0 fully saturated rings. The van der Waals surface area contributed by atoms with Gasteiger partial charge in [-0.1, -0.05) is 37.3 Å². The molecule has 128 valence electrons. The lowest BCUT2D eigenvalue weighted by atomic mass is 10.2. The van der Waals surface area contributed by atoms with Crippen molar-refractivity contribution in [2.45, 2.75) is 26.8 Å². The Labute approximate surface area is 144 Å². The second kappa shape index (κ2) is 9.73. The van der Waals surface area contributed by atoms with Gasteiger partial charge in [-0.05, 0) is 43.3 Å². The minimum Gasteiger partial charge on any atom is -0.494 e. The van der Waals surface area contributed by atoms with Gasteiger partial charge in [-0.3, -0.25) is 9.69 Å². The first-order chi connectivity index (χ1) is 11.7. The summed E-state index contributed by atoms with van der Waals surface area (Å²) in [6.07, 6.45) is 0.480. The molecule has 4 nitrogen and oxygen atoms in total. The molecule has 2 aromatic rings. The summed E-state index contributed by atoms with van der Waals surface area (Å²) in [7, 11) is 0. The largest absolute Gasteiger partial charge is 0.494 e. The highest BCUT2D eigenvalue weighted by molar-refractivity contribution is 5.90. The summed E-state index contributed by atoms with van der Waals surface area (Å²) < 4.78 is 5.40. The zero-order valence-corrected chi connectivity index (χ0v) is 14.5. The van der Waals surface area contributed by atoms with Crippen LogP contribution >= 0.6 is 0 Å². The number of benzene rings is 2. The Hall–Kier alpha value is -2.33. The first kappa shape index (κ1) is 18.0. The molecule has 0 aliphatic heterocycles. The fourth-order valence-electron chi connectivity index (χ4n) is 2.47. The van der Waals surface area contributed by atoms with Crippen molar-refractivity contribution in [1.82, 2.24) is 4.90 Å². The highest BCUT2D eigenvalue weighted by Gasteiger charge is 2.08. The van der Waals surface area contributed by atoms with Gasteiger partial charge in [0.2, 0.25) is 5.91 Å². The third kappa shape index (κ3) is 6.05. The van der Waals surface area contributed by atoms with E-state index in [1.54, 1.807) is 0 Å². The van der Waals surface area contributed by atoms with Crippen LogP contribution in [0.1, 0.15) is 25.8 Å². The van der Waals surface area contributed by atoms with Crippen molar-refractivity contribution in [2.24, 2.45) is 0 Å². The zero-order valence-electron chi connectivity index (χ0n) is 14.5. The van der Waals surface area contributed by atoms with Gasteiger partial charge in [0.25, 0.3) is 0 Å². The number of hydrogen-bond donors (Lipinski definition) is 1. The van der Waals surface area contributed by atoms with Crippen molar-refractivity contribution in [3.05, 3.63) is 60.2 Å². The van der Waals surface area contributed by atoms with E-state index < -0.39 is 0 Å². The molecule has 2 aromatic carbocycles. The maximum absolute atomic E-state index is 12.1. The van der Waals surface area contributed by atoms with E-state index in [1.165, 1.54) is 5.56 Å². The topological polar surface area (TPSA) is 41.6 Å². The number of amides is 1. The van der Waals surface area contributed by atoms with Crippen molar-refractivity contribution in [1.29, 1.82) is 0 Å². The molecule has 0 spiro atoms. The lowest BCUT2D eigenvalue weighted by molar-refractivity contribution is -0.116. The van der Waals surface area contributed by atoms with Gasteiger partial charge in [0.15, 0.2) is 0 Å². The van der Waals surface area contributed by atoms with Gasteiger partial charge in [-0.15, -0.1) is 0 Å². The molecule has 0 saturated carbocycles. The summed E-state index contributed by atoms with van der Waals surface area (Å²) in [6.45, 7) is 7.24. The average Bonchev–Trinajstić information content (AvgIpc) is 2.61. The van der Waals surface area contributed by atoms with Crippen molar-refractivity contribution in [3.63, 3.8) is 0 Å². The fraction of sp³-hybridized carbons (Fsp3) is 0.350. The molecule has 0 aliphatic rings. The number of nitrogens with zero attached hydrogens (tertiary/aromatic N) is 1. The maximum Gasteiger partial charge on any atom is 0.225 e. The fourth-order valence-corrected chi connectivity index (χ4v) is 2.47. The lowest BCUT2D eigenvalue weighted by Crippen LogP contribution is -2.27. The quantitative estimate of drug-likeness (QED) is 0.759. The lowest BCUT2D eigenvalue weighted by Gasteiger charge is -2.20. The van der Waals surface area contributed by atoms with Crippen LogP contribution in [0.4, 0.5) is 5.69 Å². The molecule has 0 heterocycles. The number of carbonyl (C=O) groups is 1. The zero-order chi connectivity index (χ0) is 17.2. The van der Waals surface area contributed by atoms with Crippen molar-refractivity contribution < 1.29 is 9.53 Å². The second-order valence-corrected chi connectivity index (χ2v) is 5.61. The first-order valence-electron chi connectivity index (χ1n) is 8.50. The van der Waals surface area contributed by atoms with Crippen LogP contribution < -0.4 is 10.1 Å². The average molecular weight is 326 g/mol. The van der Waals surface area contributed by atoms with Crippen LogP contribution in [0, 0.1) is 0 Å². The smallest absolute Gasteiger partial charge is 0.225 e. The summed E-state index contributed by atoms with van der Waals surface area (Å²) in [4.78, 5) is 14.4. The summed E-state index contributed by atoms with van der Waals surface area (Å²) in [5.41, 5.74) is 2.07. The predicted octanol–water partition coefficient (Wildman–Crippen LogP) is 3.94. The molecule has 0 atom stereocenters. The standard InChI is InChI=1S/C20H26N2O2/c1-3-22(16-17-8-6-5-7-9-17)15-14-20(23)21-18-10-12-19(13-11-18)24-4-2/h5-13H,3-4,14-16H2,1-2H3,(H,21,23). The van der Waals surface area contributed by atoms with Crippen molar-refractivity contribution >= 4 is 11.6 Å². The van der Waals surface area contributed by atoms with Crippen molar-refractivity contribution in [3.8, 4) is 5.75 Å². The maximum atomic E-state index is 12.1. The number of anilines is 1. The van der Waals surface area contributed by atoms with Gasteiger partial charge < -0.3 is 10.1 Å². The molecule has 0 bridgehead atoms. The van der Waals surface area contributed by atoms with Crippen LogP contribution in [0.5, 0.6) is 5.75 Å². The Morgan fingerprint density at radius 3 is 2.38 bits per heavy atom. The molecule has 0 saturated heterocycles. The van der Waals surface area contributed by atoms with Crippen LogP contribution in [0.2, 0.25) is 0 Å². The van der Waals surface area contributed by atoms with Crippen molar-refractivity contribution in [2.75, 3.05) is 25.0 Å². The van der Waals surface area contributed by atoms with Crippen LogP contribution in [-0.4, -0.2) is 30.5 Å². The predicted molar refractivity (Wildman–Crippen MR) is 98.3 cm³/mol. The molecule has 0 radical (unpaired) electrons. The Balaban J connectivity index is 1.78. The van der Waals surface area contributed by atoms with Gasteiger partial charge in [0, 0.05) is 25.2 Å². The molecule has 0 unspecified atom stereocenters. The van der Waals surface area contributed by atoms with Crippen LogP contribution in [0.3, 0.4) is 0 Å². The minimum atomic E-state index is 0.0330. The Morgan fingerprint density at radius 2 is 1.75 bits per heavy atom. The van der Waals surface area contributed by atoms with E-state index in [0.717, 1.165) is 31.1 Å². The molecule has 24 heavy (non-hydrogen) atoms. The third-order valence-electron chi connectivity index (χ3n) is 3.80. The molecular weight excluding hydrogens is 300 g/mol. The van der Waals surface area contributed by atoms with E-state index in [9.17, 15) is 4.79 Å². The molecule has 1 N–H and O–H groups in total. The Bertz CT molecular complexity index is 611. The second-order valence-electron chi connectivity index (χ2n) is 5.61. The van der Waals surface area contributed by atoms with E-state index in [0.29, 0.717) is 13.0 Å². The van der Waals surface area contributed by atoms with Gasteiger partial charge >= 0.3 is 0 Å². The number of hydrogen-bond acceptors (Lipinski definition) is 3. The van der Waals surface area contributed by atoms with Crippen LogP contribution in [-0.2, 0) is 11.3 Å². The monoisotopic (exact) mass is 326 g/mol.